The number of piperidine rings is 1. The SMILES string of the molecule is CCOC(=O)C(C)C1(O)CC2(CCN(B(C)O)CC2)c2ccccc21. The summed E-state index contributed by atoms with van der Waals surface area (Å²) < 4.78 is 5.18. The van der Waals surface area contributed by atoms with E-state index in [1.807, 2.05) is 18.2 Å². The van der Waals surface area contributed by atoms with Gasteiger partial charge in [0.25, 0.3) is 0 Å². The van der Waals surface area contributed by atoms with Crippen LogP contribution in [0.15, 0.2) is 24.3 Å². The van der Waals surface area contributed by atoms with E-state index in [9.17, 15) is 14.9 Å². The molecule has 0 bridgehead atoms. The first-order chi connectivity index (χ1) is 11.8. The fourth-order valence-electron chi connectivity index (χ4n) is 4.65. The average Bonchev–Trinajstić information content (AvgIpc) is 2.85. The fourth-order valence-corrected chi connectivity index (χ4v) is 4.65. The molecule has 2 atom stereocenters. The first-order valence-corrected chi connectivity index (χ1v) is 9.25. The quantitative estimate of drug-likeness (QED) is 0.645. The summed E-state index contributed by atoms with van der Waals surface area (Å²) in [6.07, 6.45) is 2.27. The summed E-state index contributed by atoms with van der Waals surface area (Å²) >= 11 is 0. The van der Waals surface area contributed by atoms with Crippen LogP contribution in [0, 0.1) is 5.92 Å². The van der Waals surface area contributed by atoms with Crippen LogP contribution in [0.2, 0.25) is 6.82 Å². The Morgan fingerprint density at radius 1 is 1.32 bits per heavy atom. The maximum absolute atomic E-state index is 12.3. The molecule has 1 fully saturated rings. The van der Waals surface area contributed by atoms with Crippen LogP contribution in [-0.4, -0.2) is 47.7 Å². The van der Waals surface area contributed by atoms with E-state index in [0.29, 0.717) is 13.0 Å². The number of hydrogen-bond acceptors (Lipinski definition) is 5. The van der Waals surface area contributed by atoms with Crippen molar-refractivity contribution in [3.8, 4) is 0 Å². The van der Waals surface area contributed by atoms with Gasteiger partial charge in [0.15, 0.2) is 0 Å². The van der Waals surface area contributed by atoms with Crippen molar-refractivity contribution in [2.75, 3.05) is 19.7 Å². The molecule has 6 heteroatoms. The molecule has 1 heterocycles. The van der Waals surface area contributed by atoms with E-state index >= 15 is 0 Å². The molecule has 2 N–H and O–H groups in total. The van der Waals surface area contributed by atoms with Gasteiger partial charge in [-0.25, -0.2) is 0 Å². The number of nitrogens with zero attached hydrogens (tertiary/aromatic N) is 1. The fraction of sp³-hybridized carbons (Fsp3) is 0.632. The van der Waals surface area contributed by atoms with Crippen molar-refractivity contribution in [1.82, 2.24) is 4.81 Å². The molecule has 5 nitrogen and oxygen atoms in total. The zero-order valence-electron chi connectivity index (χ0n) is 15.4. The summed E-state index contributed by atoms with van der Waals surface area (Å²) in [5.41, 5.74) is 0.674. The van der Waals surface area contributed by atoms with Gasteiger partial charge in [0.1, 0.15) is 5.60 Å². The van der Waals surface area contributed by atoms with Crippen molar-refractivity contribution in [1.29, 1.82) is 0 Å². The molecule has 1 aromatic rings. The Hall–Kier alpha value is -1.37. The molecule has 0 radical (unpaired) electrons. The summed E-state index contributed by atoms with van der Waals surface area (Å²) in [5, 5.41) is 21.4. The topological polar surface area (TPSA) is 70.0 Å². The smallest absolute Gasteiger partial charge is 0.376 e. The number of esters is 1. The Morgan fingerprint density at radius 3 is 2.48 bits per heavy atom. The van der Waals surface area contributed by atoms with E-state index in [1.54, 1.807) is 20.7 Å². The molecule has 3 rings (SSSR count). The highest BCUT2D eigenvalue weighted by Gasteiger charge is 2.56. The van der Waals surface area contributed by atoms with E-state index in [4.69, 9.17) is 4.74 Å². The van der Waals surface area contributed by atoms with Crippen LogP contribution < -0.4 is 0 Å². The highest BCUT2D eigenvalue weighted by molar-refractivity contribution is 6.45. The van der Waals surface area contributed by atoms with Gasteiger partial charge >= 0.3 is 13.0 Å². The second-order valence-electron chi connectivity index (χ2n) is 7.57. The lowest BCUT2D eigenvalue weighted by molar-refractivity contribution is -0.159. The van der Waals surface area contributed by atoms with E-state index < -0.39 is 18.6 Å². The third-order valence-electron chi connectivity index (χ3n) is 6.21. The van der Waals surface area contributed by atoms with Crippen LogP contribution in [0.3, 0.4) is 0 Å². The standard InChI is InChI=1S/C19H28BNO4/c1-4-25-17(22)14(2)19(23)13-18(15-7-5-6-8-16(15)19)9-11-21(12-10-18)20(3)24/h5-8,14,23-24H,4,9-13H2,1-3H3. The third kappa shape index (κ3) is 3.00. The minimum absolute atomic E-state index is 0.141. The lowest BCUT2D eigenvalue weighted by atomic mass is 9.69. The molecule has 2 unspecified atom stereocenters. The molecule has 0 amide bonds. The van der Waals surface area contributed by atoms with Crippen molar-refractivity contribution in [3.63, 3.8) is 0 Å². The highest BCUT2D eigenvalue weighted by atomic mass is 16.5. The molecule has 1 aliphatic heterocycles. The number of fused-ring (bicyclic) bond motifs is 2. The van der Waals surface area contributed by atoms with Crippen LogP contribution >= 0.6 is 0 Å². The molecule has 1 spiro atoms. The average molecular weight is 345 g/mol. The summed E-state index contributed by atoms with van der Waals surface area (Å²) in [6, 6.07) is 7.96. The van der Waals surface area contributed by atoms with Gasteiger partial charge in [-0.1, -0.05) is 24.3 Å². The van der Waals surface area contributed by atoms with Crippen LogP contribution in [0.4, 0.5) is 0 Å². The number of ether oxygens (including phenoxy) is 1. The summed E-state index contributed by atoms with van der Waals surface area (Å²) in [7, 11) is -0.452. The molecule has 2 aliphatic rings. The van der Waals surface area contributed by atoms with Gasteiger partial charge in [0.2, 0.25) is 0 Å². The number of carbonyl (C=O) groups is 1. The van der Waals surface area contributed by atoms with Gasteiger partial charge < -0.3 is 19.7 Å². The molecule has 1 aromatic carbocycles. The highest BCUT2D eigenvalue weighted by Crippen LogP contribution is 2.56. The summed E-state index contributed by atoms with van der Waals surface area (Å²) in [6.45, 7) is 7.23. The Labute approximate surface area is 150 Å². The van der Waals surface area contributed by atoms with Crippen molar-refractivity contribution in [3.05, 3.63) is 35.4 Å². The number of rotatable bonds is 4. The maximum atomic E-state index is 12.3. The second-order valence-corrected chi connectivity index (χ2v) is 7.57. The predicted molar refractivity (Wildman–Crippen MR) is 97.1 cm³/mol. The molecule has 0 saturated carbocycles. The largest absolute Gasteiger partial charge is 0.466 e. The summed E-state index contributed by atoms with van der Waals surface area (Å²) in [5.74, 6) is -0.957. The Kier molecular flexibility index (Phi) is 4.97. The maximum Gasteiger partial charge on any atom is 0.376 e. The molecule has 0 aromatic heterocycles. The van der Waals surface area contributed by atoms with Crippen LogP contribution in [-0.2, 0) is 20.5 Å². The molecule has 25 heavy (non-hydrogen) atoms. The molecule has 1 saturated heterocycles. The molecular formula is C19H28BNO4. The van der Waals surface area contributed by atoms with Crippen LogP contribution in [0.25, 0.3) is 0 Å². The van der Waals surface area contributed by atoms with Crippen LogP contribution in [0.5, 0.6) is 0 Å². The van der Waals surface area contributed by atoms with E-state index in [-0.39, 0.29) is 11.4 Å². The van der Waals surface area contributed by atoms with Crippen molar-refractivity contribution < 1.29 is 19.7 Å². The molecule has 136 valence electrons. The van der Waals surface area contributed by atoms with Crippen molar-refractivity contribution in [2.45, 2.75) is 50.9 Å². The summed E-state index contributed by atoms with van der Waals surface area (Å²) in [4.78, 5) is 14.4. The number of benzene rings is 1. The van der Waals surface area contributed by atoms with E-state index in [1.165, 1.54) is 0 Å². The number of hydrogen-bond donors (Lipinski definition) is 2. The van der Waals surface area contributed by atoms with Crippen molar-refractivity contribution in [2.24, 2.45) is 5.92 Å². The number of aliphatic hydroxyl groups is 1. The minimum atomic E-state index is -1.20. The zero-order valence-corrected chi connectivity index (χ0v) is 15.4. The molecular weight excluding hydrogens is 317 g/mol. The second kappa shape index (κ2) is 6.74. The van der Waals surface area contributed by atoms with Gasteiger partial charge in [-0.3, -0.25) is 4.79 Å². The van der Waals surface area contributed by atoms with E-state index in [0.717, 1.165) is 37.1 Å². The lowest BCUT2D eigenvalue weighted by Crippen LogP contribution is -2.48. The van der Waals surface area contributed by atoms with Crippen LogP contribution in [0.1, 0.15) is 44.2 Å². The third-order valence-corrected chi connectivity index (χ3v) is 6.21. The van der Waals surface area contributed by atoms with Crippen molar-refractivity contribution >= 4 is 13.0 Å². The van der Waals surface area contributed by atoms with Gasteiger partial charge in [0, 0.05) is 5.41 Å². The monoisotopic (exact) mass is 345 g/mol. The van der Waals surface area contributed by atoms with E-state index in [2.05, 4.69) is 10.9 Å². The number of carbonyl (C=O) groups excluding carboxylic acids is 1. The Balaban J connectivity index is 1.94. The normalized spacial score (nSPS) is 26.3. The lowest BCUT2D eigenvalue weighted by Gasteiger charge is -2.42. The first-order valence-electron chi connectivity index (χ1n) is 9.25. The Bertz CT molecular complexity index is 642. The minimum Gasteiger partial charge on any atom is -0.466 e. The van der Waals surface area contributed by atoms with Gasteiger partial charge in [-0.05, 0) is 64.1 Å². The molecule has 1 aliphatic carbocycles. The first kappa shape index (κ1) is 18.4. The van der Waals surface area contributed by atoms with Gasteiger partial charge in [0.05, 0.1) is 12.5 Å². The predicted octanol–water partition coefficient (Wildman–Crippen LogP) is 1.92. The van der Waals surface area contributed by atoms with Gasteiger partial charge in [-0.15, -0.1) is 0 Å². The Morgan fingerprint density at radius 2 is 1.92 bits per heavy atom. The zero-order chi connectivity index (χ0) is 18.2. The van der Waals surface area contributed by atoms with Gasteiger partial charge in [-0.2, -0.15) is 0 Å².